The predicted molar refractivity (Wildman–Crippen MR) is 53.7 cm³/mol. The topological polar surface area (TPSA) is 20.2 Å². The smallest absolute Gasteiger partial charge is 0.0608 e. The molecule has 0 aromatic heterocycles. The summed E-state index contributed by atoms with van der Waals surface area (Å²) in [6, 6.07) is 10.4. The minimum Gasteiger partial charge on any atom is -0.392 e. The van der Waals surface area contributed by atoms with Crippen molar-refractivity contribution in [3.05, 3.63) is 35.9 Å². The van der Waals surface area contributed by atoms with Gasteiger partial charge in [0.1, 0.15) is 0 Å². The van der Waals surface area contributed by atoms with Crippen LogP contribution in [0.5, 0.6) is 0 Å². The summed E-state index contributed by atoms with van der Waals surface area (Å²) < 4.78 is 0. The lowest BCUT2D eigenvalue weighted by molar-refractivity contribution is 0.106. The molecule has 0 bridgehead atoms. The minimum absolute atomic E-state index is 0.115. The van der Waals surface area contributed by atoms with Gasteiger partial charge in [-0.05, 0) is 18.4 Å². The quantitative estimate of drug-likeness (QED) is 0.697. The Bertz CT molecular complexity index is 255. The van der Waals surface area contributed by atoms with Crippen molar-refractivity contribution < 1.29 is 5.11 Å². The van der Waals surface area contributed by atoms with Gasteiger partial charge in [0.05, 0.1) is 6.10 Å². The first kappa shape index (κ1) is 8.76. The molecule has 70 valence electrons. The molecule has 0 unspecified atom stereocenters. The Morgan fingerprint density at radius 3 is 2.38 bits per heavy atom. The predicted octanol–water partition coefficient (Wildman–Crippen LogP) is 2.71. The Hall–Kier alpha value is -0.820. The van der Waals surface area contributed by atoms with Crippen LogP contribution in [-0.4, -0.2) is 11.2 Å². The maximum atomic E-state index is 9.82. The van der Waals surface area contributed by atoms with Crippen molar-refractivity contribution in [3.8, 4) is 0 Å². The molecule has 0 spiro atoms. The molecule has 1 fully saturated rings. The first-order valence-electron chi connectivity index (χ1n) is 5.11. The first-order chi connectivity index (χ1) is 6.38. The zero-order valence-corrected chi connectivity index (χ0v) is 7.82. The van der Waals surface area contributed by atoms with Gasteiger partial charge in [-0.3, -0.25) is 0 Å². The highest BCUT2D eigenvalue weighted by Gasteiger charge is 2.23. The molecule has 1 aromatic rings. The van der Waals surface area contributed by atoms with Gasteiger partial charge in [0.15, 0.2) is 0 Å². The van der Waals surface area contributed by atoms with Gasteiger partial charge in [-0.2, -0.15) is 0 Å². The highest BCUT2D eigenvalue weighted by atomic mass is 16.3. The van der Waals surface area contributed by atoms with E-state index in [9.17, 15) is 5.11 Å². The van der Waals surface area contributed by atoms with Gasteiger partial charge in [0.25, 0.3) is 0 Å². The van der Waals surface area contributed by atoms with Gasteiger partial charge < -0.3 is 5.11 Å². The average Bonchev–Trinajstić information content (AvgIpc) is 2.20. The van der Waals surface area contributed by atoms with Crippen molar-refractivity contribution in [2.45, 2.75) is 37.7 Å². The van der Waals surface area contributed by atoms with Crippen LogP contribution in [0, 0.1) is 0 Å². The second-order valence-electron chi connectivity index (χ2n) is 3.87. The Morgan fingerprint density at radius 1 is 1.00 bits per heavy atom. The van der Waals surface area contributed by atoms with Gasteiger partial charge in [-0.15, -0.1) is 0 Å². The summed E-state index contributed by atoms with van der Waals surface area (Å²) in [6.07, 6.45) is 4.45. The van der Waals surface area contributed by atoms with E-state index >= 15 is 0 Å². The number of aliphatic hydroxyl groups excluding tert-OH is 1. The molecule has 0 heterocycles. The number of hydrogen-bond donors (Lipinski definition) is 1. The molecule has 2 atom stereocenters. The van der Waals surface area contributed by atoms with Crippen molar-refractivity contribution in [1.82, 2.24) is 0 Å². The van der Waals surface area contributed by atoms with Gasteiger partial charge >= 0.3 is 0 Å². The second-order valence-corrected chi connectivity index (χ2v) is 3.87. The molecule has 0 saturated heterocycles. The third-order valence-electron chi connectivity index (χ3n) is 2.96. The van der Waals surface area contributed by atoms with E-state index in [4.69, 9.17) is 0 Å². The SMILES string of the molecule is O[C@H]1CCCC[C@H]1c1ccccc1. The molecule has 1 aromatic carbocycles. The lowest BCUT2D eigenvalue weighted by Crippen LogP contribution is -2.22. The fraction of sp³-hybridized carbons (Fsp3) is 0.500. The summed E-state index contributed by atoms with van der Waals surface area (Å²) in [6.45, 7) is 0. The van der Waals surface area contributed by atoms with Gasteiger partial charge in [-0.1, -0.05) is 43.2 Å². The minimum atomic E-state index is -0.115. The summed E-state index contributed by atoms with van der Waals surface area (Å²) >= 11 is 0. The van der Waals surface area contributed by atoms with Crippen LogP contribution in [0.2, 0.25) is 0 Å². The third kappa shape index (κ3) is 1.92. The molecule has 0 amide bonds. The van der Waals surface area contributed by atoms with E-state index < -0.39 is 0 Å². The number of hydrogen-bond acceptors (Lipinski definition) is 1. The lowest BCUT2D eigenvalue weighted by Gasteiger charge is -2.27. The van der Waals surface area contributed by atoms with Gasteiger partial charge in [0.2, 0.25) is 0 Å². The van der Waals surface area contributed by atoms with Gasteiger partial charge in [0, 0.05) is 5.92 Å². The zero-order valence-electron chi connectivity index (χ0n) is 7.82. The van der Waals surface area contributed by atoms with E-state index in [0.29, 0.717) is 5.92 Å². The summed E-state index contributed by atoms with van der Waals surface area (Å²) in [5, 5.41) is 9.82. The van der Waals surface area contributed by atoms with Crippen LogP contribution >= 0.6 is 0 Å². The molecule has 1 aliphatic rings. The fourth-order valence-corrected chi connectivity index (χ4v) is 2.20. The van der Waals surface area contributed by atoms with Crippen molar-refractivity contribution in [1.29, 1.82) is 0 Å². The average molecular weight is 176 g/mol. The summed E-state index contributed by atoms with van der Waals surface area (Å²) in [5.41, 5.74) is 1.30. The monoisotopic (exact) mass is 176 g/mol. The van der Waals surface area contributed by atoms with Crippen LogP contribution in [0.25, 0.3) is 0 Å². The summed E-state index contributed by atoms with van der Waals surface area (Å²) in [4.78, 5) is 0. The van der Waals surface area contributed by atoms with Crippen molar-refractivity contribution in [3.63, 3.8) is 0 Å². The maximum Gasteiger partial charge on any atom is 0.0608 e. The zero-order chi connectivity index (χ0) is 9.10. The van der Waals surface area contributed by atoms with Crippen LogP contribution in [-0.2, 0) is 0 Å². The highest BCUT2D eigenvalue weighted by molar-refractivity contribution is 5.21. The molecule has 0 radical (unpaired) electrons. The van der Waals surface area contributed by atoms with E-state index in [2.05, 4.69) is 24.3 Å². The van der Waals surface area contributed by atoms with Crippen molar-refractivity contribution in [2.75, 3.05) is 0 Å². The molecule has 0 aliphatic heterocycles. The molecule has 1 nitrogen and oxygen atoms in total. The molecule has 2 rings (SSSR count). The van der Waals surface area contributed by atoms with Crippen LogP contribution in [0.3, 0.4) is 0 Å². The van der Waals surface area contributed by atoms with Crippen molar-refractivity contribution >= 4 is 0 Å². The van der Waals surface area contributed by atoms with Crippen LogP contribution in [0.4, 0.5) is 0 Å². The molecule has 13 heavy (non-hydrogen) atoms. The van der Waals surface area contributed by atoms with Gasteiger partial charge in [-0.25, -0.2) is 0 Å². The first-order valence-corrected chi connectivity index (χ1v) is 5.11. The Balaban J connectivity index is 2.15. The molecule has 1 aliphatic carbocycles. The van der Waals surface area contributed by atoms with Crippen LogP contribution < -0.4 is 0 Å². The Labute approximate surface area is 79.4 Å². The van der Waals surface area contributed by atoms with E-state index in [1.165, 1.54) is 18.4 Å². The molecular weight excluding hydrogens is 160 g/mol. The molecule has 1 saturated carbocycles. The summed E-state index contributed by atoms with van der Waals surface area (Å²) in [5.74, 6) is 0.384. The Kier molecular flexibility index (Phi) is 2.65. The largest absolute Gasteiger partial charge is 0.392 e. The number of rotatable bonds is 1. The Morgan fingerprint density at radius 2 is 1.69 bits per heavy atom. The molecular formula is C12H16O. The van der Waals surface area contributed by atoms with Crippen LogP contribution in [0.15, 0.2) is 30.3 Å². The number of benzene rings is 1. The van der Waals surface area contributed by atoms with Crippen LogP contribution in [0.1, 0.15) is 37.2 Å². The fourth-order valence-electron chi connectivity index (χ4n) is 2.20. The highest BCUT2D eigenvalue weighted by Crippen LogP contribution is 2.32. The summed E-state index contributed by atoms with van der Waals surface area (Å²) in [7, 11) is 0. The molecule has 1 N–H and O–H groups in total. The standard InChI is InChI=1S/C12H16O/c13-12-9-5-4-8-11(12)10-6-2-1-3-7-10/h1-3,6-7,11-13H,4-5,8-9H2/t11-,12-/m0/s1. The lowest BCUT2D eigenvalue weighted by atomic mass is 9.82. The third-order valence-corrected chi connectivity index (χ3v) is 2.96. The maximum absolute atomic E-state index is 9.82. The molecule has 1 heteroatoms. The number of aliphatic hydroxyl groups is 1. The van der Waals surface area contributed by atoms with E-state index in [1.807, 2.05) is 6.07 Å². The van der Waals surface area contributed by atoms with E-state index in [1.54, 1.807) is 0 Å². The van der Waals surface area contributed by atoms with Crippen molar-refractivity contribution in [2.24, 2.45) is 0 Å². The van der Waals surface area contributed by atoms with E-state index in [0.717, 1.165) is 12.8 Å². The van der Waals surface area contributed by atoms with E-state index in [-0.39, 0.29) is 6.10 Å². The normalized spacial score (nSPS) is 28.7. The second kappa shape index (κ2) is 3.93.